The summed E-state index contributed by atoms with van der Waals surface area (Å²) in [7, 11) is -3.63. The Hall–Kier alpha value is -0.740. The molecule has 0 aromatic rings. The van der Waals surface area contributed by atoms with E-state index in [-0.39, 0.29) is 55.9 Å². The number of aliphatic hydroxyl groups excluding tert-OH is 1. The topological polar surface area (TPSA) is 138 Å². The summed E-state index contributed by atoms with van der Waals surface area (Å²) in [6, 6.07) is 0.268. The van der Waals surface area contributed by atoms with E-state index in [1.54, 1.807) is 6.92 Å². The number of hydrogen-bond donors (Lipinski definition) is 5. The molecule has 2 saturated carbocycles. The zero-order valence-electron chi connectivity index (χ0n) is 19.9. The molecular weight excluding hydrogens is 449 g/mol. The Labute approximate surface area is 197 Å². The summed E-state index contributed by atoms with van der Waals surface area (Å²) in [6.07, 6.45) is 6.84. The van der Waals surface area contributed by atoms with Crippen LogP contribution in [0.1, 0.15) is 65.2 Å². The highest BCUT2D eigenvalue weighted by Crippen LogP contribution is 2.42. The predicted molar refractivity (Wildman–Crippen MR) is 124 cm³/mol. The summed E-state index contributed by atoms with van der Waals surface area (Å²) >= 11 is 0. The van der Waals surface area contributed by atoms with Crippen molar-refractivity contribution in [2.75, 3.05) is 26.1 Å². The van der Waals surface area contributed by atoms with Crippen molar-refractivity contribution < 1.29 is 33.4 Å². The molecule has 0 aromatic carbocycles. The molecule has 1 heterocycles. The van der Waals surface area contributed by atoms with Crippen LogP contribution >= 0.6 is 7.60 Å². The summed E-state index contributed by atoms with van der Waals surface area (Å²) in [6.45, 7) is 4.74. The van der Waals surface area contributed by atoms with Crippen molar-refractivity contribution in [2.45, 2.75) is 102 Å². The van der Waals surface area contributed by atoms with Gasteiger partial charge in [-0.05, 0) is 71.1 Å². The number of aliphatic hydroxyl groups is 1. The first kappa shape index (κ1) is 26.9. The second-order valence-electron chi connectivity index (χ2n) is 9.75. The zero-order valence-corrected chi connectivity index (χ0v) is 20.8. The normalized spacial score (nSPS) is 33.5. The van der Waals surface area contributed by atoms with Gasteiger partial charge in [-0.2, -0.15) is 0 Å². The third-order valence-electron chi connectivity index (χ3n) is 6.94. The van der Waals surface area contributed by atoms with Gasteiger partial charge in [-0.3, -0.25) is 4.57 Å². The lowest BCUT2D eigenvalue weighted by atomic mass is 9.83. The van der Waals surface area contributed by atoms with E-state index in [0.717, 1.165) is 51.4 Å². The van der Waals surface area contributed by atoms with Crippen LogP contribution in [-0.2, 0) is 18.6 Å². The maximum atomic E-state index is 11.7. The maximum absolute atomic E-state index is 11.7. The number of fused-ring (bicyclic) bond motifs is 1. The molecule has 0 spiro atoms. The van der Waals surface area contributed by atoms with Crippen LogP contribution in [0, 0.1) is 5.92 Å². The van der Waals surface area contributed by atoms with E-state index >= 15 is 0 Å². The highest BCUT2D eigenvalue weighted by Gasteiger charge is 2.40. The molecule has 2 amide bonds. The molecule has 6 atom stereocenters. The summed E-state index contributed by atoms with van der Waals surface area (Å²) in [5.74, 6) is 0.575. The number of carbonyl (C=O) groups excluding carboxylic acids is 1. The number of hydrogen-bond acceptors (Lipinski definition) is 7. The molecule has 3 rings (SSSR count). The number of ether oxygens (including phenoxy) is 2. The summed E-state index contributed by atoms with van der Waals surface area (Å²) in [5, 5.41) is 19.6. The van der Waals surface area contributed by atoms with Gasteiger partial charge in [-0.15, -0.1) is 0 Å². The maximum Gasteiger partial charge on any atom is 0.353 e. The summed E-state index contributed by atoms with van der Waals surface area (Å²) < 4.78 is 28.2. The molecule has 0 radical (unpaired) electrons. The molecule has 3 aliphatic rings. The molecule has 0 bridgehead atoms. The smallest absolute Gasteiger partial charge is 0.353 e. The van der Waals surface area contributed by atoms with Crippen LogP contribution in [0.3, 0.4) is 0 Å². The van der Waals surface area contributed by atoms with Gasteiger partial charge in [-0.1, -0.05) is 0 Å². The first-order valence-electron chi connectivity index (χ1n) is 12.4. The monoisotopic (exact) mass is 491 g/mol. The molecule has 1 saturated heterocycles. The third-order valence-corrected chi connectivity index (χ3v) is 8.08. The van der Waals surface area contributed by atoms with E-state index in [2.05, 4.69) is 22.9 Å². The zero-order chi connectivity index (χ0) is 23.8. The SMILES string of the molecule is CCOP(=O)(O)COC1CCC(CC(C)NCC(O)COC2CCCC3NC(=O)NC32)CC1. The molecule has 5 N–H and O–H groups in total. The largest absolute Gasteiger partial charge is 0.389 e. The second-order valence-corrected chi connectivity index (χ2v) is 11.5. The number of urea groups is 1. The molecule has 11 heteroatoms. The van der Waals surface area contributed by atoms with Crippen LogP contribution < -0.4 is 16.0 Å². The van der Waals surface area contributed by atoms with Crippen LogP contribution in [0.25, 0.3) is 0 Å². The van der Waals surface area contributed by atoms with Gasteiger partial charge < -0.3 is 39.9 Å². The van der Waals surface area contributed by atoms with Crippen LogP contribution in [-0.4, -0.2) is 78.6 Å². The summed E-state index contributed by atoms with van der Waals surface area (Å²) in [5.41, 5.74) is 0. The quantitative estimate of drug-likeness (QED) is 0.247. The molecule has 1 aliphatic heterocycles. The van der Waals surface area contributed by atoms with Crippen LogP contribution in [0.4, 0.5) is 4.79 Å². The minimum Gasteiger partial charge on any atom is -0.389 e. The van der Waals surface area contributed by atoms with Crippen LogP contribution in [0.5, 0.6) is 0 Å². The highest BCUT2D eigenvalue weighted by atomic mass is 31.2. The minimum absolute atomic E-state index is 0.00655. The Kier molecular flexibility index (Phi) is 10.4. The van der Waals surface area contributed by atoms with Crippen molar-refractivity contribution in [3.8, 4) is 0 Å². The van der Waals surface area contributed by atoms with Gasteiger partial charge in [0.25, 0.3) is 0 Å². The number of amides is 2. The Morgan fingerprint density at radius 3 is 2.64 bits per heavy atom. The number of nitrogens with one attached hydrogen (secondary N) is 3. The highest BCUT2D eigenvalue weighted by molar-refractivity contribution is 7.52. The summed E-state index contributed by atoms with van der Waals surface area (Å²) in [4.78, 5) is 21.2. The Bertz CT molecular complexity index is 662. The first-order valence-corrected chi connectivity index (χ1v) is 14.2. The predicted octanol–water partition coefficient (Wildman–Crippen LogP) is 2.09. The van der Waals surface area contributed by atoms with Crippen molar-refractivity contribution >= 4 is 13.6 Å². The standard InChI is InChI=1S/C22H42N3O7P/c1-3-32-33(28,29)14-31-18-9-7-16(8-10-18)11-15(2)23-12-17(26)13-30-20-6-4-5-19-21(20)25-22(27)24-19/h15-21,23,26H,3-14H2,1-2H3,(H,28,29)(H2,24,25,27). The van der Waals surface area contributed by atoms with Gasteiger partial charge in [-0.25, -0.2) is 4.79 Å². The number of rotatable bonds is 13. The first-order chi connectivity index (χ1) is 15.8. The molecule has 2 aliphatic carbocycles. The minimum atomic E-state index is -3.63. The van der Waals surface area contributed by atoms with Crippen LogP contribution in [0.15, 0.2) is 0 Å². The fourth-order valence-electron chi connectivity index (χ4n) is 5.25. The van der Waals surface area contributed by atoms with Gasteiger partial charge in [0, 0.05) is 12.6 Å². The average molecular weight is 492 g/mol. The van der Waals surface area contributed by atoms with Gasteiger partial charge >= 0.3 is 13.6 Å². The van der Waals surface area contributed by atoms with Crippen molar-refractivity contribution in [3.63, 3.8) is 0 Å². The fourth-order valence-corrected chi connectivity index (χ4v) is 6.13. The van der Waals surface area contributed by atoms with E-state index in [4.69, 9.17) is 14.0 Å². The van der Waals surface area contributed by atoms with E-state index in [1.807, 2.05) is 0 Å². The van der Waals surface area contributed by atoms with Crippen molar-refractivity contribution in [1.29, 1.82) is 0 Å². The number of carbonyl (C=O) groups is 1. The van der Waals surface area contributed by atoms with E-state index in [1.165, 1.54) is 0 Å². The molecule has 6 unspecified atom stereocenters. The fraction of sp³-hybridized carbons (Fsp3) is 0.955. The van der Waals surface area contributed by atoms with Gasteiger partial charge in [0.15, 0.2) is 0 Å². The van der Waals surface area contributed by atoms with Gasteiger partial charge in [0.05, 0.1) is 43.6 Å². The second kappa shape index (κ2) is 12.8. The van der Waals surface area contributed by atoms with Gasteiger partial charge in [0.1, 0.15) is 6.35 Å². The average Bonchev–Trinajstić information content (AvgIpc) is 3.16. The van der Waals surface area contributed by atoms with Crippen molar-refractivity contribution in [2.24, 2.45) is 5.92 Å². The third kappa shape index (κ3) is 8.76. The van der Waals surface area contributed by atoms with E-state index in [0.29, 0.717) is 12.5 Å². The van der Waals surface area contributed by atoms with Crippen molar-refractivity contribution in [1.82, 2.24) is 16.0 Å². The van der Waals surface area contributed by atoms with Gasteiger partial charge in [0.2, 0.25) is 0 Å². The van der Waals surface area contributed by atoms with E-state index in [9.17, 15) is 19.4 Å². The molecule has 10 nitrogen and oxygen atoms in total. The molecule has 0 aromatic heterocycles. The Balaban J connectivity index is 1.26. The molecule has 3 fully saturated rings. The van der Waals surface area contributed by atoms with Crippen molar-refractivity contribution in [3.05, 3.63) is 0 Å². The van der Waals surface area contributed by atoms with E-state index < -0.39 is 13.7 Å². The molecule has 33 heavy (non-hydrogen) atoms. The lowest BCUT2D eigenvalue weighted by Gasteiger charge is -2.33. The molecule has 192 valence electrons. The molecular formula is C22H42N3O7P. The lowest BCUT2D eigenvalue weighted by molar-refractivity contribution is -0.0370. The lowest BCUT2D eigenvalue weighted by Crippen LogP contribution is -2.49. The Morgan fingerprint density at radius 2 is 1.91 bits per heavy atom. The van der Waals surface area contributed by atoms with Crippen LogP contribution in [0.2, 0.25) is 0 Å². The Morgan fingerprint density at radius 1 is 1.15 bits per heavy atom.